The fourth-order valence-corrected chi connectivity index (χ4v) is 4.29. The molecular formula is C25H19N5O5. The van der Waals surface area contributed by atoms with Crippen molar-refractivity contribution >= 4 is 45.7 Å². The minimum absolute atomic E-state index is 0.000387. The first-order valence-corrected chi connectivity index (χ1v) is 10.7. The molecule has 4 amide bonds. The molecule has 3 heterocycles. The maximum atomic E-state index is 13.0. The number of fused-ring (bicyclic) bond motifs is 3. The first-order valence-electron chi connectivity index (χ1n) is 10.7. The van der Waals surface area contributed by atoms with E-state index in [1.165, 1.54) is 26.2 Å². The van der Waals surface area contributed by atoms with Crippen molar-refractivity contribution in [2.45, 2.75) is 6.54 Å². The molecule has 0 radical (unpaired) electrons. The van der Waals surface area contributed by atoms with Gasteiger partial charge in [-0.25, -0.2) is 4.79 Å². The molecule has 2 aromatic carbocycles. The molecule has 0 N–H and O–H groups in total. The van der Waals surface area contributed by atoms with Gasteiger partial charge in [0.25, 0.3) is 17.5 Å². The van der Waals surface area contributed by atoms with Gasteiger partial charge < -0.3 is 4.90 Å². The zero-order chi connectivity index (χ0) is 24.9. The molecule has 2 aliphatic heterocycles. The van der Waals surface area contributed by atoms with E-state index in [1.807, 2.05) is 29.2 Å². The summed E-state index contributed by atoms with van der Waals surface area (Å²) in [5.41, 5.74) is 3.10. The van der Waals surface area contributed by atoms with Crippen LogP contribution in [0.2, 0.25) is 0 Å². The first kappa shape index (κ1) is 22.0. The number of allylic oxidation sites excluding steroid dienone is 2. The summed E-state index contributed by atoms with van der Waals surface area (Å²) in [6, 6.07) is 13.0. The molecule has 0 unspecified atom stereocenters. The molecule has 0 aliphatic carbocycles. The molecule has 0 bridgehead atoms. The Morgan fingerprint density at radius 2 is 1.63 bits per heavy atom. The number of nitrogens with zero attached hydrogens (tertiary/aromatic N) is 5. The second-order valence-electron chi connectivity index (χ2n) is 8.20. The van der Waals surface area contributed by atoms with Gasteiger partial charge in [0.1, 0.15) is 5.57 Å². The third-order valence-corrected chi connectivity index (χ3v) is 6.13. The van der Waals surface area contributed by atoms with Crippen molar-refractivity contribution in [2.75, 3.05) is 19.0 Å². The average molecular weight is 469 g/mol. The predicted octanol–water partition coefficient (Wildman–Crippen LogP) is 3.48. The third-order valence-electron chi connectivity index (χ3n) is 6.13. The maximum Gasteiger partial charge on any atom is 0.333 e. The number of hydrogen-bond acceptors (Lipinski definition) is 7. The third kappa shape index (κ3) is 3.52. The largest absolute Gasteiger partial charge is 0.341 e. The lowest BCUT2D eigenvalue weighted by Gasteiger charge is -2.33. The summed E-state index contributed by atoms with van der Waals surface area (Å²) in [7, 11) is 2.68. The van der Waals surface area contributed by atoms with Gasteiger partial charge in [0.2, 0.25) is 0 Å². The number of anilines is 1. The summed E-state index contributed by atoms with van der Waals surface area (Å²) in [6.07, 6.45) is 5.08. The zero-order valence-corrected chi connectivity index (χ0v) is 18.8. The van der Waals surface area contributed by atoms with E-state index in [9.17, 15) is 24.5 Å². The van der Waals surface area contributed by atoms with Crippen molar-refractivity contribution in [3.8, 4) is 0 Å². The van der Waals surface area contributed by atoms with E-state index in [0.29, 0.717) is 28.9 Å². The molecule has 35 heavy (non-hydrogen) atoms. The lowest BCUT2D eigenvalue weighted by atomic mass is 9.91. The summed E-state index contributed by atoms with van der Waals surface area (Å²) in [6.45, 7) is 0.375. The van der Waals surface area contributed by atoms with Gasteiger partial charge >= 0.3 is 6.03 Å². The fraction of sp³-hybridized carbons (Fsp3) is 0.120. The van der Waals surface area contributed by atoms with Gasteiger partial charge in [-0.1, -0.05) is 30.3 Å². The highest BCUT2D eigenvalue weighted by Gasteiger charge is 2.40. The number of nitro groups is 1. The number of amides is 4. The Morgan fingerprint density at radius 3 is 2.29 bits per heavy atom. The van der Waals surface area contributed by atoms with Crippen LogP contribution in [0.5, 0.6) is 0 Å². The molecule has 0 atom stereocenters. The number of rotatable bonds is 3. The number of non-ortho nitro benzene ring substituents is 1. The van der Waals surface area contributed by atoms with Gasteiger partial charge in [0.05, 0.1) is 16.1 Å². The molecule has 5 rings (SSSR count). The molecule has 10 nitrogen and oxygen atoms in total. The van der Waals surface area contributed by atoms with Gasteiger partial charge in [-0.15, -0.1) is 0 Å². The van der Waals surface area contributed by atoms with Crippen molar-refractivity contribution in [1.82, 2.24) is 14.8 Å². The van der Waals surface area contributed by atoms with Crippen LogP contribution in [0.25, 0.3) is 16.5 Å². The number of nitro benzene ring substituents is 1. The van der Waals surface area contributed by atoms with Crippen LogP contribution in [0.15, 0.2) is 72.6 Å². The first-order chi connectivity index (χ1) is 16.8. The highest BCUT2D eigenvalue weighted by molar-refractivity contribution is 6.33. The number of carbonyl (C=O) groups excluding carboxylic acids is 3. The van der Waals surface area contributed by atoms with E-state index in [-0.39, 0.29) is 11.3 Å². The molecule has 10 heteroatoms. The standard InChI is InChI=1S/C25H19N5O5/c1-27-23(31)20(24(32)28(2)25(27)33)18-11-13-29(14-15-5-8-17(9-6-15)30(34)35)22-19(18)10-7-16-4-3-12-26-21(16)22/h3-13H,14H2,1-2H3. The van der Waals surface area contributed by atoms with Crippen LogP contribution in [0, 0.1) is 10.1 Å². The van der Waals surface area contributed by atoms with E-state index in [0.717, 1.165) is 20.7 Å². The average Bonchev–Trinajstić information content (AvgIpc) is 2.87. The molecule has 2 aliphatic rings. The van der Waals surface area contributed by atoms with Crippen molar-refractivity contribution in [2.24, 2.45) is 0 Å². The number of imide groups is 2. The van der Waals surface area contributed by atoms with Crippen LogP contribution in [0.3, 0.4) is 0 Å². The number of likely N-dealkylation sites (N-methyl/N-ethyl adjacent to an activating group) is 2. The van der Waals surface area contributed by atoms with Crippen LogP contribution < -0.4 is 4.90 Å². The topological polar surface area (TPSA) is 117 Å². The van der Waals surface area contributed by atoms with Crippen LogP contribution in [0.4, 0.5) is 16.2 Å². The smallest absolute Gasteiger partial charge is 0.333 e. The lowest BCUT2D eigenvalue weighted by molar-refractivity contribution is -0.384. The highest BCUT2D eigenvalue weighted by Crippen LogP contribution is 2.41. The Bertz CT molecular complexity index is 1470. The molecule has 1 aromatic heterocycles. The van der Waals surface area contributed by atoms with E-state index < -0.39 is 22.8 Å². The number of pyridine rings is 1. The van der Waals surface area contributed by atoms with Gasteiger partial charge in [0.15, 0.2) is 0 Å². The summed E-state index contributed by atoms with van der Waals surface area (Å²) in [5, 5.41) is 11.9. The van der Waals surface area contributed by atoms with E-state index in [2.05, 4.69) is 4.98 Å². The number of urea groups is 1. The second-order valence-corrected chi connectivity index (χ2v) is 8.20. The van der Waals surface area contributed by atoms with Crippen LogP contribution in [-0.4, -0.2) is 51.6 Å². The van der Waals surface area contributed by atoms with Crippen LogP contribution >= 0.6 is 0 Å². The molecule has 1 saturated heterocycles. The van der Waals surface area contributed by atoms with Crippen molar-refractivity contribution < 1.29 is 19.3 Å². The minimum atomic E-state index is -0.690. The predicted molar refractivity (Wildman–Crippen MR) is 128 cm³/mol. The Kier molecular flexibility index (Phi) is 5.13. The van der Waals surface area contributed by atoms with Gasteiger partial charge in [-0.3, -0.25) is 34.5 Å². The van der Waals surface area contributed by atoms with E-state index in [1.54, 1.807) is 30.6 Å². The molecular weight excluding hydrogens is 450 g/mol. The van der Waals surface area contributed by atoms with Crippen LogP contribution in [0.1, 0.15) is 11.1 Å². The Morgan fingerprint density at radius 1 is 0.943 bits per heavy atom. The molecule has 3 aromatic rings. The summed E-state index contributed by atoms with van der Waals surface area (Å²) in [4.78, 5) is 57.1. The normalized spacial score (nSPS) is 15.8. The van der Waals surface area contributed by atoms with Gasteiger partial charge in [0, 0.05) is 61.7 Å². The SMILES string of the molecule is CN1C(=O)C(=C2C=CN(Cc3ccc([N+](=O)[O-])cc3)c3c2ccc2cccnc32)C(=O)N(C)C1=O. The number of hydrogen-bond donors (Lipinski definition) is 0. The number of aromatic nitrogens is 1. The minimum Gasteiger partial charge on any atom is -0.341 e. The van der Waals surface area contributed by atoms with E-state index in [4.69, 9.17) is 0 Å². The Hall–Kier alpha value is -4.86. The van der Waals surface area contributed by atoms with Crippen molar-refractivity contribution in [3.63, 3.8) is 0 Å². The fourth-order valence-electron chi connectivity index (χ4n) is 4.29. The Balaban J connectivity index is 1.68. The van der Waals surface area contributed by atoms with Gasteiger partial charge in [-0.05, 0) is 17.7 Å². The number of barbiturate groups is 1. The summed E-state index contributed by atoms with van der Waals surface area (Å²) in [5.74, 6) is -1.35. The van der Waals surface area contributed by atoms with E-state index >= 15 is 0 Å². The second kappa shape index (κ2) is 8.17. The highest BCUT2D eigenvalue weighted by atomic mass is 16.6. The quantitative estimate of drug-likeness (QED) is 0.249. The summed E-state index contributed by atoms with van der Waals surface area (Å²) < 4.78 is 0. The summed E-state index contributed by atoms with van der Waals surface area (Å²) >= 11 is 0. The molecule has 0 spiro atoms. The van der Waals surface area contributed by atoms with Crippen molar-refractivity contribution in [3.05, 3.63) is 93.8 Å². The monoisotopic (exact) mass is 469 g/mol. The van der Waals surface area contributed by atoms with Gasteiger partial charge in [-0.2, -0.15) is 0 Å². The van der Waals surface area contributed by atoms with Crippen molar-refractivity contribution in [1.29, 1.82) is 0 Å². The van der Waals surface area contributed by atoms with Crippen LogP contribution in [-0.2, 0) is 16.1 Å². The maximum absolute atomic E-state index is 13.0. The zero-order valence-electron chi connectivity index (χ0n) is 18.8. The molecule has 174 valence electrons. The molecule has 1 fully saturated rings. The number of carbonyl (C=O) groups is 3. The number of benzene rings is 2. The lowest BCUT2D eigenvalue weighted by Crippen LogP contribution is -2.53. The molecule has 0 saturated carbocycles. The Labute approximate surface area is 199 Å².